The van der Waals surface area contributed by atoms with Crippen LogP contribution in [0.5, 0.6) is 0 Å². The normalized spacial score (nSPS) is 19.1. The van der Waals surface area contributed by atoms with Crippen molar-refractivity contribution in [2.75, 3.05) is 6.54 Å². The van der Waals surface area contributed by atoms with Gasteiger partial charge < -0.3 is 4.57 Å². The monoisotopic (exact) mass is 272 g/mol. The highest BCUT2D eigenvalue weighted by molar-refractivity contribution is 5.17. The molecule has 0 N–H and O–H groups in total. The molecule has 1 aliphatic carbocycles. The van der Waals surface area contributed by atoms with Crippen molar-refractivity contribution in [1.82, 2.24) is 19.7 Å². The first-order chi connectivity index (χ1) is 9.79. The molecule has 0 radical (unpaired) electrons. The van der Waals surface area contributed by atoms with Crippen molar-refractivity contribution in [3.63, 3.8) is 0 Å². The number of rotatable bonds is 3. The molecule has 1 fully saturated rings. The Morgan fingerprint density at radius 2 is 2.10 bits per heavy atom. The zero-order valence-corrected chi connectivity index (χ0v) is 11.3. The van der Waals surface area contributed by atoms with Gasteiger partial charge in [-0.15, -0.1) is 10.2 Å². The molecule has 2 heterocycles. The Morgan fingerprint density at radius 1 is 1.20 bits per heavy atom. The quantitative estimate of drug-likeness (QED) is 0.860. The Hall–Kier alpha value is -1.75. The first kappa shape index (κ1) is 12.0. The molecule has 104 valence electrons. The van der Waals surface area contributed by atoms with Gasteiger partial charge in [0.2, 0.25) is 0 Å². The Kier molecular flexibility index (Phi) is 2.80. The maximum absolute atomic E-state index is 13.2. The highest BCUT2D eigenvalue weighted by Crippen LogP contribution is 2.39. The standard InChI is InChI=1S/C15H17FN4/c16-13-3-1-2-11(8-13)9-19-6-7-20-14(10-19)17-18-15(20)12-4-5-12/h1-3,8,12H,4-7,9-10H2. The van der Waals surface area contributed by atoms with Crippen LogP contribution in [-0.4, -0.2) is 26.2 Å². The molecule has 5 heteroatoms. The lowest BCUT2D eigenvalue weighted by Gasteiger charge is -2.27. The van der Waals surface area contributed by atoms with Crippen LogP contribution in [0.2, 0.25) is 0 Å². The maximum Gasteiger partial charge on any atom is 0.147 e. The van der Waals surface area contributed by atoms with Gasteiger partial charge in [0.1, 0.15) is 17.5 Å². The van der Waals surface area contributed by atoms with Gasteiger partial charge in [0, 0.05) is 25.6 Å². The lowest BCUT2D eigenvalue weighted by molar-refractivity contribution is 0.207. The molecule has 4 nitrogen and oxygen atoms in total. The van der Waals surface area contributed by atoms with E-state index in [0.717, 1.165) is 37.6 Å². The summed E-state index contributed by atoms with van der Waals surface area (Å²) >= 11 is 0. The number of fused-ring (bicyclic) bond motifs is 1. The van der Waals surface area contributed by atoms with Gasteiger partial charge in [-0.2, -0.15) is 0 Å². The van der Waals surface area contributed by atoms with Gasteiger partial charge in [0.15, 0.2) is 0 Å². The third kappa shape index (κ3) is 2.22. The topological polar surface area (TPSA) is 34.0 Å². The van der Waals surface area contributed by atoms with Gasteiger partial charge >= 0.3 is 0 Å². The summed E-state index contributed by atoms with van der Waals surface area (Å²) in [4.78, 5) is 2.30. The minimum absolute atomic E-state index is 0.168. The minimum atomic E-state index is -0.168. The smallest absolute Gasteiger partial charge is 0.147 e. The molecule has 1 aromatic heterocycles. The van der Waals surface area contributed by atoms with Gasteiger partial charge in [-0.25, -0.2) is 4.39 Å². The molecule has 2 aliphatic rings. The predicted octanol–water partition coefficient (Wildman–Crippen LogP) is 2.31. The molecule has 0 unspecified atom stereocenters. The second-order valence-electron chi connectivity index (χ2n) is 5.74. The molecule has 0 atom stereocenters. The lowest BCUT2D eigenvalue weighted by atomic mass is 10.2. The average Bonchev–Trinajstić information content (AvgIpc) is 3.19. The van der Waals surface area contributed by atoms with Crippen LogP contribution in [0.4, 0.5) is 4.39 Å². The number of benzene rings is 1. The van der Waals surface area contributed by atoms with Crippen molar-refractivity contribution in [1.29, 1.82) is 0 Å². The van der Waals surface area contributed by atoms with E-state index in [-0.39, 0.29) is 5.82 Å². The molecule has 0 saturated heterocycles. The number of hydrogen-bond acceptors (Lipinski definition) is 3. The van der Waals surface area contributed by atoms with Gasteiger partial charge in [-0.3, -0.25) is 4.90 Å². The zero-order chi connectivity index (χ0) is 13.5. The van der Waals surface area contributed by atoms with Crippen molar-refractivity contribution in [3.8, 4) is 0 Å². The first-order valence-corrected chi connectivity index (χ1v) is 7.18. The predicted molar refractivity (Wildman–Crippen MR) is 72.5 cm³/mol. The molecule has 0 amide bonds. The number of nitrogens with zero attached hydrogens (tertiary/aromatic N) is 4. The molecule has 20 heavy (non-hydrogen) atoms. The molecule has 4 rings (SSSR count). The summed E-state index contributed by atoms with van der Waals surface area (Å²) < 4.78 is 15.5. The highest BCUT2D eigenvalue weighted by Gasteiger charge is 2.31. The first-order valence-electron chi connectivity index (χ1n) is 7.18. The fourth-order valence-electron chi connectivity index (χ4n) is 2.90. The summed E-state index contributed by atoms with van der Waals surface area (Å²) in [5, 5.41) is 8.67. The average molecular weight is 272 g/mol. The van der Waals surface area contributed by atoms with Gasteiger partial charge in [-0.1, -0.05) is 12.1 Å². The molecule has 1 aromatic carbocycles. The maximum atomic E-state index is 13.2. The van der Waals surface area contributed by atoms with E-state index in [1.807, 2.05) is 6.07 Å². The summed E-state index contributed by atoms with van der Waals surface area (Å²) in [6.45, 7) is 3.49. The van der Waals surface area contributed by atoms with Crippen molar-refractivity contribution in [2.45, 2.75) is 38.4 Å². The van der Waals surface area contributed by atoms with Crippen molar-refractivity contribution in [2.24, 2.45) is 0 Å². The molecule has 1 aliphatic heterocycles. The molecular weight excluding hydrogens is 255 g/mol. The molecule has 1 saturated carbocycles. The van der Waals surface area contributed by atoms with Crippen LogP contribution in [0.3, 0.4) is 0 Å². The van der Waals surface area contributed by atoms with E-state index < -0.39 is 0 Å². The van der Waals surface area contributed by atoms with Crippen molar-refractivity contribution in [3.05, 3.63) is 47.3 Å². The van der Waals surface area contributed by atoms with Crippen LogP contribution < -0.4 is 0 Å². The van der Waals surface area contributed by atoms with Crippen LogP contribution >= 0.6 is 0 Å². The summed E-state index contributed by atoms with van der Waals surface area (Å²) in [7, 11) is 0. The van der Waals surface area contributed by atoms with E-state index in [2.05, 4.69) is 19.7 Å². The number of halogens is 1. The fourth-order valence-corrected chi connectivity index (χ4v) is 2.90. The van der Waals surface area contributed by atoms with E-state index in [4.69, 9.17) is 0 Å². The van der Waals surface area contributed by atoms with Crippen molar-refractivity contribution < 1.29 is 4.39 Å². The van der Waals surface area contributed by atoms with Crippen LogP contribution in [0.25, 0.3) is 0 Å². The largest absolute Gasteiger partial charge is 0.312 e. The van der Waals surface area contributed by atoms with Gasteiger partial charge in [0.05, 0.1) is 6.54 Å². The second-order valence-corrected chi connectivity index (χ2v) is 5.74. The SMILES string of the molecule is Fc1cccc(CN2CCn3c(nnc3C3CC3)C2)c1. The third-order valence-electron chi connectivity index (χ3n) is 4.10. The van der Waals surface area contributed by atoms with E-state index in [1.165, 1.54) is 24.7 Å². The van der Waals surface area contributed by atoms with E-state index in [9.17, 15) is 4.39 Å². The number of aromatic nitrogens is 3. The van der Waals surface area contributed by atoms with Crippen LogP contribution in [0.1, 0.15) is 36.0 Å². The Morgan fingerprint density at radius 3 is 2.90 bits per heavy atom. The Bertz CT molecular complexity index is 633. The van der Waals surface area contributed by atoms with Gasteiger partial charge in [-0.05, 0) is 30.5 Å². The molecule has 2 aromatic rings. The van der Waals surface area contributed by atoms with Crippen LogP contribution in [0.15, 0.2) is 24.3 Å². The fraction of sp³-hybridized carbons (Fsp3) is 0.467. The summed E-state index contributed by atoms with van der Waals surface area (Å²) in [6, 6.07) is 6.83. The number of hydrogen-bond donors (Lipinski definition) is 0. The Labute approximate surface area is 117 Å². The van der Waals surface area contributed by atoms with Crippen LogP contribution in [-0.2, 0) is 19.6 Å². The van der Waals surface area contributed by atoms with Gasteiger partial charge in [0.25, 0.3) is 0 Å². The van der Waals surface area contributed by atoms with E-state index in [0.29, 0.717) is 5.92 Å². The highest BCUT2D eigenvalue weighted by atomic mass is 19.1. The molecule has 0 spiro atoms. The van der Waals surface area contributed by atoms with Crippen LogP contribution in [0, 0.1) is 5.82 Å². The summed E-state index contributed by atoms with van der Waals surface area (Å²) in [6.07, 6.45) is 2.51. The van der Waals surface area contributed by atoms with E-state index in [1.54, 1.807) is 12.1 Å². The zero-order valence-electron chi connectivity index (χ0n) is 11.3. The second kappa shape index (κ2) is 4.66. The Balaban J connectivity index is 1.49. The summed E-state index contributed by atoms with van der Waals surface area (Å²) in [5.41, 5.74) is 1.01. The lowest BCUT2D eigenvalue weighted by Crippen LogP contribution is -2.33. The third-order valence-corrected chi connectivity index (χ3v) is 4.10. The van der Waals surface area contributed by atoms with E-state index >= 15 is 0 Å². The minimum Gasteiger partial charge on any atom is -0.312 e. The van der Waals surface area contributed by atoms with Crippen molar-refractivity contribution >= 4 is 0 Å². The molecular formula is C15H17FN4. The molecule has 0 bridgehead atoms. The summed E-state index contributed by atoms with van der Waals surface area (Å²) in [5.74, 6) is 2.70.